The van der Waals surface area contributed by atoms with Gasteiger partial charge in [-0.1, -0.05) is 19.1 Å². The van der Waals surface area contributed by atoms with E-state index in [2.05, 4.69) is 4.74 Å². The van der Waals surface area contributed by atoms with E-state index in [4.69, 9.17) is 4.74 Å². The Morgan fingerprint density at radius 1 is 1.24 bits per heavy atom. The summed E-state index contributed by atoms with van der Waals surface area (Å²) >= 11 is 0. The van der Waals surface area contributed by atoms with Crippen molar-refractivity contribution in [1.29, 1.82) is 0 Å². The molecule has 138 valence electrons. The highest BCUT2D eigenvalue weighted by atomic mass is 16.5. The molecule has 0 aliphatic heterocycles. The molecule has 0 fully saturated rings. The number of ether oxygens (including phenoxy) is 2. The first-order chi connectivity index (χ1) is 12.0. The summed E-state index contributed by atoms with van der Waals surface area (Å²) in [7, 11) is 1.31. The van der Waals surface area contributed by atoms with Crippen molar-refractivity contribution in [1.82, 2.24) is 4.90 Å². The quantitative estimate of drug-likeness (QED) is 0.518. The van der Waals surface area contributed by atoms with Crippen LogP contribution in [0.5, 0.6) is 5.75 Å². The minimum atomic E-state index is -0.388. The van der Waals surface area contributed by atoms with Crippen molar-refractivity contribution in [3.05, 3.63) is 35.9 Å². The van der Waals surface area contributed by atoms with Gasteiger partial charge in [-0.3, -0.25) is 9.59 Å². The van der Waals surface area contributed by atoms with Crippen LogP contribution in [-0.2, 0) is 14.3 Å². The molecule has 0 saturated carbocycles. The number of aliphatic hydroxyl groups is 1. The number of hydrogen-bond donors (Lipinski definition) is 1. The molecule has 1 aromatic rings. The van der Waals surface area contributed by atoms with E-state index in [0.29, 0.717) is 13.0 Å². The smallest absolute Gasteiger partial charge is 0.307 e. The third-order valence-electron chi connectivity index (χ3n) is 3.80. The zero-order valence-corrected chi connectivity index (χ0v) is 15.1. The number of hydrogen-bond acceptors (Lipinski definition) is 5. The molecule has 0 aliphatic rings. The van der Waals surface area contributed by atoms with Crippen LogP contribution in [0, 0.1) is 0 Å². The molecule has 1 N–H and O–H groups in total. The average molecular weight is 349 g/mol. The number of amides is 1. The number of rotatable bonds is 10. The molecule has 6 nitrogen and oxygen atoms in total. The summed E-state index contributed by atoms with van der Waals surface area (Å²) in [6.45, 7) is 4.46. The van der Waals surface area contributed by atoms with Gasteiger partial charge < -0.3 is 19.5 Å². The van der Waals surface area contributed by atoms with Crippen LogP contribution in [-0.4, -0.2) is 54.8 Å². The second kappa shape index (κ2) is 11.3. The number of carbonyl (C=O) groups excluding carboxylic acids is 2. The highest BCUT2D eigenvalue weighted by molar-refractivity contribution is 5.92. The van der Waals surface area contributed by atoms with Gasteiger partial charge in [0.1, 0.15) is 5.75 Å². The second-order valence-electron chi connectivity index (χ2n) is 5.44. The maximum absolute atomic E-state index is 12.5. The average Bonchev–Trinajstić information content (AvgIpc) is 2.64. The van der Waals surface area contributed by atoms with E-state index in [9.17, 15) is 14.7 Å². The van der Waals surface area contributed by atoms with Crippen LogP contribution in [0.3, 0.4) is 0 Å². The molecule has 1 atom stereocenters. The van der Waals surface area contributed by atoms with Crippen LogP contribution >= 0.6 is 0 Å². The standard InChI is InChI=1S/C19H27NO5/c1-4-16(14-21)20(13-12-19(23)24-3)18(22)11-8-15-6-9-17(10-7-15)25-5-2/h6-11,16,21H,4-5,12-14H2,1-3H3/b11-8+. The van der Waals surface area contributed by atoms with E-state index in [0.717, 1.165) is 11.3 Å². The molecule has 25 heavy (non-hydrogen) atoms. The number of methoxy groups -OCH3 is 1. The third kappa shape index (κ3) is 6.97. The number of aliphatic hydroxyl groups excluding tert-OH is 1. The van der Waals surface area contributed by atoms with Gasteiger partial charge in [0.15, 0.2) is 0 Å². The Labute approximate surface area is 149 Å². The summed E-state index contributed by atoms with van der Waals surface area (Å²) < 4.78 is 10.00. The zero-order valence-electron chi connectivity index (χ0n) is 15.1. The summed E-state index contributed by atoms with van der Waals surface area (Å²) in [5.41, 5.74) is 0.863. The molecule has 0 spiro atoms. The molecule has 0 bridgehead atoms. The van der Waals surface area contributed by atoms with Crippen LogP contribution in [0.2, 0.25) is 0 Å². The van der Waals surface area contributed by atoms with E-state index in [-0.39, 0.29) is 37.5 Å². The van der Waals surface area contributed by atoms with Gasteiger partial charge in [0.2, 0.25) is 5.91 Å². The first kappa shape index (κ1) is 20.7. The van der Waals surface area contributed by atoms with Crippen molar-refractivity contribution >= 4 is 18.0 Å². The van der Waals surface area contributed by atoms with E-state index < -0.39 is 0 Å². The van der Waals surface area contributed by atoms with Crippen molar-refractivity contribution in [3.63, 3.8) is 0 Å². The van der Waals surface area contributed by atoms with Crippen LogP contribution in [0.25, 0.3) is 6.08 Å². The summed E-state index contributed by atoms with van der Waals surface area (Å²) in [6.07, 6.45) is 3.84. The van der Waals surface area contributed by atoms with Gasteiger partial charge in [-0.05, 0) is 37.1 Å². The summed E-state index contributed by atoms with van der Waals surface area (Å²) in [6, 6.07) is 7.06. The Kier molecular flexibility index (Phi) is 9.32. The van der Waals surface area contributed by atoms with Crippen molar-refractivity contribution < 1.29 is 24.2 Å². The second-order valence-corrected chi connectivity index (χ2v) is 5.44. The molecule has 0 aromatic heterocycles. The Hall–Kier alpha value is -2.34. The Balaban J connectivity index is 2.79. The number of carbonyl (C=O) groups is 2. The summed E-state index contributed by atoms with van der Waals surface area (Å²) in [4.78, 5) is 25.3. The van der Waals surface area contributed by atoms with Crippen LogP contribution in [0.4, 0.5) is 0 Å². The van der Waals surface area contributed by atoms with Gasteiger partial charge in [0.25, 0.3) is 0 Å². The fourth-order valence-electron chi connectivity index (χ4n) is 2.34. The Morgan fingerprint density at radius 3 is 2.44 bits per heavy atom. The SMILES string of the molecule is CCOc1ccc(/C=C/C(=O)N(CCC(=O)OC)C(CC)CO)cc1. The number of nitrogens with zero attached hydrogens (tertiary/aromatic N) is 1. The minimum absolute atomic E-state index is 0.0929. The first-order valence-corrected chi connectivity index (χ1v) is 8.44. The largest absolute Gasteiger partial charge is 0.494 e. The lowest BCUT2D eigenvalue weighted by Gasteiger charge is -2.28. The van der Waals surface area contributed by atoms with Gasteiger partial charge in [0.05, 0.1) is 32.8 Å². The molecule has 1 rings (SSSR count). The third-order valence-corrected chi connectivity index (χ3v) is 3.80. The molecule has 6 heteroatoms. The van der Waals surface area contributed by atoms with Gasteiger partial charge in [-0.15, -0.1) is 0 Å². The summed E-state index contributed by atoms with van der Waals surface area (Å²) in [5.74, 6) is 0.136. The highest BCUT2D eigenvalue weighted by Gasteiger charge is 2.21. The lowest BCUT2D eigenvalue weighted by atomic mass is 10.1. The van der Waals surface area contributed by atoms with Gasteiger partial charge >= 0.3 is 5.97 Å². The first-order valence-electron chi connectivity index (χ1n) is 8.44. The molecule has 0 heterocycles. The lowest BCUT2D eigenvalue weighted by Crippen LogP contribution is -2.42. The predicted molar refractivity (Wildman–Crippen MR) is 96.2 cm³/mol. The van der Waals surface area contributed by atoms with E-state index in [1.807, 2.05) is 38.1 Å². The van der Waals surface area contributed by atoms with Gasteiger partial charge in [-0.2, -0.15) is 0 Å². The van der Waals surface area contributed by atoms with Crippen molar-refractivity contribution in [3.8, 4) is 5.75 Å². The Bertz CT molecular complexity index is 564. The van der Waals surface area contributed by atoms with E-state index >= 15 is 0 Å². The zero-order chi connectivity index (χ0) is 18.7. The Morgan fingerprint density at radius 2 is 1.92 bits per heavy atom. The van der Waals surface area contributed by atoms with Crippen LogP contribution in [0.15, 0.2) is 30.3 Å². The number of benzene rings is 1. The normalized spacial score (nSPS) is 12.0. The van der Waals surface area contributed by atoms with Crippen molar-refractivity contribution in [2.45, 2.75) is 32.7 Å². The van der Waals surface area contributed by atoms with Gasteiger partial charge in [0, 0.05) is 12.6 Å². The van der Waals surface area contributed by atoms with Gasteiger partial charge in [-0.25, -0.2) is 0 Å². The van der Waals surface area contributed by atoms with E-state index in [1.54, 1.807) is 6.08 Å². The topological polar surface area (TPSA) is 76.1 Å². The minimum Gasteiger partial charge on any atom is -0.494 e. The fourth-order valence-corrected chi connectivity index (χ4v) is 2.34. The molecule has 1 unspecified atom stereocenters. The molecule has 0 radical (unpaired) electrons. The molecule has 1 aromatic carbocycles. The molecular weight excluding hydrogens is 322 g/mol. The molecule has 0 saturated heterocycles. The van der Waals surface area contributed by atoms with Crippen molar-refractivity contribution in [2.24, 2.45) is 0 Å². The fraction of sp³-hybridized carbons (Fsp3) is 0.474. The summed E-state index contributed by atoms with van der Waals surface area (Å²) in [5, 5.41) is 9.49. The van der Waals surface area contributed by atoms with Crippen LogP contribution in [0.1, 0.15) is 32.3 Å². The lowest BCUT2D eigenvalue weighted by molar-refractivity contribution is -0.142. The maximum atomic E-state index is 12.5. The van der Waals surface area contributed by atoms with E-state index in [1.165, 1.54) is 18.1 Å². The maximum Gasteiger partial charge on any atom is 0.307 e. The molecular formula is C19H27NO5. The molecule has 0 aliphatic carbocycles. The monoisotopic (exact) mass is 349 g/mol. The van der Waals surface area contributed by atoms with Crippen LogP contribution < -0.4 is 4.74 Å². The van der Waals surface area contributed by atoms with Crippen molar-refractivity contribution in [2.75, 3.05) is 26.9 Å². The highest BCUT2D eigenvalue weighted by Crippen LogP contribution is 2.14. The predicted octanol–water partition coefficient (Wildman–Crippen LogP) is 2.26. The number of esters is 1. The molecule has 1 amide bonds.